The highest BCUT2D eigenvalue weighted by Crippen LogP contribution is 2.49. The number of carbonyl (C=O) groups is 1. The number of imidazole rings is 1. The minimum absolute atomic E-state index is 0.0305. The highest BCUT2D eigenvalue weighted by atomic mass is 31.2. The number of rotatable bonds is 7. The third-order valence-electron chi connectivity index (χ3n) is 5.08. The van der Waals surface area contributed by atoms with E-state index >= 15 is 0 Å². The number of nitrogen functional groups attached to an aromatic ring is 1. The van der Waals surface area contributed by atoms with Crippen LogP contribution in [0.2, 0.25) is 0 Å². The lowest BCUT2D eigenvalue weighted by molar-refractivity contribution is -0.224. The average Bonchev–Trinajstić information content (AvgIpc) is 3.31. The zero-order chi connectivity index (χ0) is 24.7. The molecule has 6 N–H and O–H groups in total. The summed E-state index contributed by atoms with van der Waals surface area (Å²) in [5, 5.41) is 21.7. The number of hydrogen-bond acceptors (Lipinski definition) is 12. The molecule has 1 saturated heterocycles. The molecule has 3 aromatic rings. The second-order valence-electron chi connectivity index (χ2n) is 7.20. The molecule has 3 heterocycles. The van der Waals surface area contributed by atoms with Gasteiger partial charge in [-0.15, -0.1) is 0 Å². The first kappa shape index (κ1) is 24.0. The Hall–Kier alpha value is -3.17. The third kappa shape index (κ3) is 4.45. The second-order valence-corrected chi connectivity index (χ2v) is 8.37. The van der Waals surface area contributed by atoms with Crippen LogP contribution in [0.3, 0.4) is 0 Å². The Labute approximate surface area is 190 Å². The van der Waals surface area contributed by atoms with Gasteiger partial charge in [0.25, 0.3) is 0 Å². The van der Waals surface area contributed by atoms with E-state index in [4.69, 9.17) is 19.9 Å². The summed E-state index contributed by atoms with van der Waals surface area (Å²) < 4.78 is 32.9. The van der Waals surface area contributed by atoms with Crippen molar-refractivity contribution in [3.8, 4) is 5.75 Å². The van der Waals surface area contributed by atoms with Crippen LogP contribution in [0.1, 0.15) is 16.6 Å². The van der Waals surface area contributed by atoms with E-state index in [2.05, 4.69) is 19.5 Å². The second kappa shape index (κ2) is 8.88. The average molecular weight is 497 g/mol. The van der Waals surface area contributed by atoms with E-state index in [9.17, 15) is 29.4 Å². The Morgan fingerprint density at radius 2 is 1.97 bits per heavy atom. The summed E-state index contributed by atoms with van der Waals surface area (Å²) in [7, 11) is -3.89. The minimum atomic E-state index is -5.34. The van der Waals surface area contributed by atoms with Crippen molar-refractivity contribution in [2.75, 3.05) is 19.5 Å². The summed E-state index contributed by atoms with van der Waals surface area (Å²) >= 11 is 0. The third-order valence-corrected chi connectivity index (χ3v) is 5.61. The van der Waals surface area contributed by atoms with Crippen molar-refractivity contribution < 1.29 is 48.1 Å². The Morgan fingerprint density at radius 1 is 1.26 bits per heavy atom. The largest absolute Gasteiger partial charge is 0.497 e. The lowest BCUT2D eigenvalue weighted by atomic mass is 10.1. The number of esters is 1. The summed E-state index contributed by atoms with van der Waals surface area (Å²) in [6, 6.07) is 5.89. The molecule has 15 nitrogen and oxygen atoms in total. The molecule has 4 atom stereocenters. The monoisotopic (exact) mass is 497 g/mol. The van der Waals surface area contributed by atoms with Gasteiger partial charge in [-0.25, -0.2) is 28.8 Å². The number of nitrogens with two attached hydrogens (primary N) is 1. The number of aliphatic hydroxyl groups is 2. The maximum absolute atomic E-state index is 12.4. The molecular formula is C18H20N5O10P. The van der Waals surface area contributed by atoms with E-state index in [0.29, 0.717) is 5.75 Å². The van der Waals surface area contributed by atoms with Crippen LogP contribution < -0.4 is 10.5 Å². The standard InChI is InChI=1S/C18H20N5O10P/c1-30-10-4-2-9(3-5-10)17(25)31-6-11-18(26,33-34(27,28)29)13(24)16(32-11)23-8-22-12-14(19)20-7-21-15(12)23/h2-5,7-8,11,13,16,24,26H,6H2,1H3,(H2,19,20,21)(H2,27,28,29)/t11-,13+,16-,18-/m1/s1. The van der Waals surface area contributed by atoms with E-state index in [0.717, 1.165) is 10.9 Å². The molecule has 1 aromatic carbocycles. The molecule has 0 radical (unpaired) electrons. The van der Waals surface area contributed by atoms with Gasteiger partial charge in [0.2, 0.25) is 5.79 Å². The fraction of sp³-hybridized carbons (Fsp3) is 0.333. The SMILES string of the molecule is COc1ccc(C(=O)OC[C@H]2O[C@@H](n3cnc4c(N)ncnc43)[C@H](O)[C@]2(O)OP(=O)(O)O)cc1. The van der Waals surface area contributed by atoms with Crippen molar-refractivity contribution >= 4 is 30.8 Å². The van der Waals surface area contributed by atoms with Crippen molar-refractivity contribution in [1.82, 2.24) is 19.5 Å². The lowest BCUT2D eigenvalue weighted by Crippen LogP contribution is -2.51. The molecule has 0 saturated carbocycles. The Balaban J connectivity index is 1.60. The van der Waals surface area contributed by atoms with Gasteiger partial charge in [-0.05, 0) is 24.3 Å². The predicted molar refractivity (Wildman–Crippen MR) is 111 cm³/mol. The van der Waals surface area contributed by atoms with Gasteiger partial charge >= 0.3 is 13.8 Å². The first-order valence-electron chi connectivity index (χ1n) is 9.60. The van der Waals surface area contributed by atoms with Gasteiger partial charge in [-0.1, -0.05) is 0 Å². The van der Waals surface area contributed by atoms with Gasteiger partial charge in [-0.2, -0.15) is 0 Å². The van der Waals surface area contributed by atoms with Crippen LogP contribution in [0.15, 0.2) is 36.9 Å². The maximum Gasteiger partial charge on any atom is 0.472 e. The summed E-state index contributed by atoms with van der Waals surface area (Å²) in [5.41, 5.74) is 6.14. The molecule has 1 aliphatic rings. The Morgan fingerprint density at radius 3 is 2.62 bits per heavy atom. The van der Waals surface area contributed by atoms with Crippen molar-refractivity contribution in [3.63, 3.8) is 0 Å². The number of ether oxygens (including phenoxy) is 3. The molecule has 34 heavy (non-hydrogen) atoms. The number of benzene rings is 1. The van der Waals surface area contributed by atoms with Crippen molar-refractivity contribution in [1.29, 1.82) is 0 Å². The molecule has 0 aliphatic carbocycles. The fourth-order valence-electron chi connectivity index (χ4n) is 3.43. The van der Waals surface area contributed by atoms with Gasteiger partial charge < -0.3 is 39.9 Å². The van der Waals surface area contributed by atoms with Crippen LogP contribution in [-0.2, 0) is 18.6 Å². The van der Waals surface area contributed by atoms with E-state index in [1.807, 2.05) is 0 Å². The fourth-order valence-corrected chi connectivity index (χ4v) is 4.04. The van der Waals surface area contributed by atoms with E-state index in [1.165, 1.54) is 37.7 Å². The number of aromatic nitrogens is 4. The maximum atomic E-state index is 12.4. The molecule has 1 fully saturated rings. The molecule has 182 valence electrons. The van der Waals surface area contributed by atoms with Gasteiger partial charge in [0, 0.05) is 0 Å². The molecule has 16 heteroatoms. The molecule has 0 unspecified atom stereocenters. The van der Waals surface area contributed by atoms with Gasteiger partial charge in [0.05, 0.1) is 19.0 Å². The molecule has 0 spiro atoms. The van der Waals surface area contributed by atoms with E-state index in [-0.39, 0.29) is 22.5 Å². The first-order chi connectivity index (χ1) is 16.0. The van der Waals surface area contributed by atoms with Crippen LogP contribution in [-0.4, -0.2) is 77.2 Å². The van der Waals surface area contributed by atoms with Gasteiger partial charge in [0.15, 0.2) is 29.9 Å². The normalized spacial score (nSPS) is 24.9. The lowest BCUT2D eigenvalue weighted by Gasteiger charge is -2.30. The Kier molecular flexibility index (Phi) is 6.26. The molecule has 2 aromatic heterocycles. The smallest absolute Gasteiger partial charge is 0.472 e. The molecule has 0 bridgehead atoms. The van der Waals surface area contributed by atoms with Crippen molar-refractivity contribution in [2.45, 2.75) is 24.2 Å². The predicted octanol–water partition coefficient (Wildman–Crippen LogP) is -0.670. The summed E-state index contributed by atoms with van der Waals surface area (Å²) in [6.07, 6.45) is -2.99. The summed E-state index contributed by atoms with van der Waals surface area (Å²) in [6.45, 7) is -0.737. The highest BCUT2D eigenvalue weighted by Gasteiger charge is 2.60. The summed E-state index contributed by atoms with van der Waals surface area (Å²) in [4.78, 5) is 42.8. The van der Waals surface area contributed by atoms with E-state index < -0.39 is 44.6 Å². The quantitative estimate of drug-likeness (QED) is 0.155. The topological polar surface area (TPSA) is 222 Å². The zero-order valence-corrected chi connectivity index (χ0v) is 18.3. The highest BCUT2D eigenvalue weighted by molar-refractivity contribution is 7.46. The zero-order valence-electron chi connectivity index (χ0n) is 17.5. The van der Waals surface area contributed by atoms with Gasteiger partial charge in [-0.3, -0.25) is 4.57 Å². The number of carbonyl (C=O) groups excluding carboxylic acids is 1. The van der Waals surface area contributed by atoms with Gasteiger partial charge in [0.1, 0.15) is 24.2 Å². The van der Waals surface area contributed by atoms with Crippen molar-refractivity contribution in [2.24, 2.45) is 0 Å². The number of aliphatic hydroxyl groups excluding tert-OH is 1. The Bertz CT molecular complexity index is 1250. The molecule has 0 amide bonds. The van der Waals surface area contributed by atoms with Crippen LogP contribution in [0.25, 0.3) is 11.2 Å². The minimum Gasteiger partial charge on any atom is -0.497 e. The number of fused-ring (bicyclic) bond motifs is 1. The number of phosphoric acid groups is 1. The number of anilines is 1. The number of nitrogens with zero attached hydrogens (tertiary/aromatic N) is 4. The van der Waals surface area contributed by atoms with E-state index in [1.54, 1.807) is 0 Å². The molecule has 4 rings (SSSR count). The van der Waals surface area contributed by atoms with Crippen LogP contribution in [0.4, 0.5) is 5.82 Å². The number of methoxy groups -OCH3 is 1. The molecular weight excluding hydrogens is 477 g/mol. The molecule has 1 aliphatic heterocycles. The summed E-state index contributed by atoms with van der Waals surface area (Å²) in [5.74, 6) is -3.28. The number of phosphoric ester groups is 1. The number of hydrogen-bond donors (Lipinski definition) is 5. The van der Waals surface area contributed by atoms with Crippen LogP contribution >= 0.6 is 7.82 Å². The first-order valence-corrected chi connectivity index (χ1v) is 11.1. The van der Waals surface area contributed by atoms with Crippen LogP contribution in [0, 0.1) is 0 Å². The van der Waals surface area contributed by atoms with Crippen molar-refractivity contribution in [3.05, 3.63) is 42.5 Å². The van der Waals surface area contributed by atoms with Crippen LogP contribution in [0.5, 0.6) is 5.75 Å².